The Morgan fingerprint density at radius 1 is 1.44 bits per heavy atom. The van der Waals surface area contributed by atoms with Gasteiger partial charge in [0.15, 0.2) is 0 Å². The highest BCUT2D eigenvalue weighted by atomic mass is 19.1. The predicted molar refractivity (Wildman–Crippen MR) is 65.7 cm³/mol. The Hall–Kier alpha value is -1.53. The van der Waals surface area contributed by atoms with Crippen molar-refractivity contribution < 1.29 is 14.4 Å². The third-order valence-electron chi connectivity index (χ3n) is 2.26. The number of rotatable bonds is 5. The molecule has 1 N–H and O–H groups in total. The van der Waals surface area contributed by atoms with Crippen molar-refractivity contribution in [1.82, 2.24) is 4.90 Å². The van der Waals surface area contributed by atoms with Crippen LogP contribution in [0.15, 0.2) is 18.2 Å². The molecule has 0 fully saturated rings. The summed E-state index contributed by atoms with van der Waals surface area (Å²) in [7, 11) is 1.76. The molecule has 0 saturated carbocycles. The number of hydrogen-bond acceptors (Lipinski definition) is 4. The van der Waals surface area contributed by atoms with Gasteiger partial charge in [-0.25, -0.2) is 4.39 Å². The minimum absolute atomic E-state index is 0.262. The maximum Gasteiger partial charge on any atom is 0.272 e. The molecule has 0 bridgehead atoms. The van der Waals surface area contributed by atoms with Crippen LogP contribution >= 0.6 is 0 Å². The monoisotopic (exact) mass is 256 g/mol. The summed E-state index contributed by atoms with van der Waals surface area (Å²) in [5, 5.41) is 20.2. The van der Waals surface area contributed by atoms with Crippen LogP contribution in [0.1, 0.15) is 19.4 Å². The molecule has 18 heavy (non-hydrogen) atoms. The number of hydrogen-bond donors (Lipinski definition) is 1. The van der Waals surface area contributed by atoms with Gasteiger partial charge >= 0.3 is 0 Å². The zero-order valence-corrected chi connectivity index (χ0v) is 10.7. The SMILES string of the molecule is CN(Cc1cc(F)cc([N+](=O)[O-])c1)CC(C)(C)O. The van der Waals surface area contributed by atoms with Crippen LogP contribution in [0.3, 0.4) is 0 Å². The van der Waals surface area contributed by atoms with Crippen LogP contribution in [0.5, 0.6) is 0 Å². The first kappa shape index (κ1) is 14.5. The molecule has 1 rings (SSSR count). The van der Waals surface area contributed by atoms with Crippen LogP contribution in [-0.2, 0) is 6.54 Å². The number of halogens is 1. The van der Waals surface area contributed by atoms with Gasteiger partial charge in [0.2, 0.25) is 0 Å². The Morgan fingerprint density at radius 2 is 2.06 bits per heavy atom. The fourth-order valence-electron chi connectivity index (χ4n) is 1.86. The zero-order valence-electron chi connectivity index (χ0n) is 10.7. The zero-order chi connectivity index (χ0) is 13.9. The maximum absolute atomic E-state index is 13.2. The van der Waals surface area contributed by atoms with Crippen LogP contribution in [0.2, 0.25) is 0 Å². The average Bonchev–Trinajstić information content (AvgIpc) is 2.12. The summed E-state index contributed by atoms with van der Waals surface area (Å²) in [5.74, 6) is -0.629. The third-order valence-corrected chi connectivity index (χ3v) is 2.26. The summed E-state index contributed by atoms with van der Waals surface area (Å²) in [6.07, 6.45) is 0. The lowest BCUT2D eigenvalue weighted by Gasteiger charge is -2.25. The lowest BCUT2D eigenvalue weighted by atomic mass is 10.1. The van der Waals surface area contributed by atoms with Gasteiger partial charge in [-0.05, 0) is 32.5 Å². The summed E-state index contributed by atoms with van der Waals surface area (Å²) in [6.45, 7) is 4.05. The quantitative estimate of drug-likeness (QED) is 0.645. The first-order valence-electron chi connectivity index (χ1n) is 5.52. The molecule has 1 aromatic rings. The molecule has 5 nitrogen and oxygen atoms in total. The minimum Gasteiger partial charge on any atom is -0.389 e. The smallest absolute Gasteiger partial charge is 0.272 e. The number of nitro benzene ring substituents is 1. The molecule has 6 heteroatoms. The molecule has 0 aliphatic carbocycles. The molecule has 0 amide bonds. The van der Waals surface area contributed by atoms with Crippen LogP contribution in [0.4, 0.5) is 10.1 Å². The van der Waals surface area contributed by atoms with Crippen molar-refractivity contribution >= 4 is 5.69 Å². The second-order valence-electron chi connectivity index (χ2n) is 5.06. The van der Waals surface area contributed by atoms with Gasteiger partial charge in [0.05, 0.1) is 16.6 Å². The van der Waals surface area contributed by atoms with E-state index in [1.807, 2.05) is 0 Å². The van der Waals surface area contributed by atoms with Crippen molar-refractivity contribution in [3.8, 4) is 0 Å². The average molecular weight is 256 g/mol. The largest absolute Gasteiger partial charge is 0.389 e. The number of aliphatic hydroxyl groups is 1. The van der Waals surface area contributed by atoms with Gasteiger partial charge in [-0.1, -0.05) is 0 Å². The van der Waals surface area contributed by atoms with E-state index in [1.165, 1.54) is 12.1 Å². The lowest BCUT2D eigenvalue weighted by molar-refractivity contribution is -0.385. The second kappa shape index (κ2) is 5.41. The normalized spacial score (nSPS) is 11.9. The number of benzene rings is 1. The van der Waals surface area contributed by atoms with Gasteiger partial charge in [0.1, 0.15) is 5.82 Å². The Labute approximate surface area is 105 Å². The Bertz CT molecular complexity index is 443. The molecule has 0 aliphatic rings. The second-order valence-corrected chi connectivity index (χ2v) is 5.06. The maximum atomic E-state index is 13.2. The van der Waals surface area contributed by atoms with E-state index in [0.717, 1.165) is 6.07 Å². The molecule has 0 radical (unpaired) electrons. The molecule has 0 heterocycles. The van der Waals surface area contributed by atoms with E-state index in [9.17, 15) is 19.6 Å². The number of likely N-dealkylation sites (N-methyl/N-ethyl adjacent to an activating group) is 1. The highest BCUT2D eigenvalue weighted by Gasteiger charge is 2.17. The highest BCUT2D eigenvalue weighted by Crippen LogP contribution is 2.18. The molecule has 0 aromatic heterocycles. The van der Waals surface area contributed by atoms with Crippen molar-refractivity contribution in [2.45, 2.75) is 26.0 Å². The van der Waals surface area contributed by atoms with Crippen LogP contribution < -0.4 is 0 Å². The molecule has 0 spiro atoms. The molecular weight excluding hydrogens is 239 g/mol. The van der Waals surface area contributed by atoms with Crippen molar-refractivity contribution in [2.75, 3.05) is 13.6 Å². The van der Waals surface area contributed by atoms with Crippen molar-refractivity contribution in [3.05, 3.63) is 39.7 Å². The molecule has 0 aliphatic heterocycles. The fourth-order valence-corrected chi connectivity index (χ4v) is 1.86. The summed E-state index contributed by atoms with van der Waals surface area (Å²) < 4.78 is 13.2. The van der Waals surface area contributed by atoms with E-state index < -0.39 is 16.3 Å². The van der Waals surface area contributed by atoms with Gasteiger partial charge in [-0.2, -0.15) is 0 Å². The highest BCUT2D eigenvalue weighted by molar-refractivity contribution is 5.35. The summed E-state index contributed by atoms with van der Waals surface area (Å²) in [5.41, 5.74) is -0.622. The van der Waals surface area contributed by atoms with E-state index in [4.69, 9.17) is 0 Å². The van der Waals surface area contributed by atoms with Gasteiger partial charge < -0.3 is 5.11 Å². The lowest BCUT2D eigenvalue weighted by Crippen LogP contribution is -2.35. The van der Waals surface area contributed by atoms with Crippen molar-refractivity contribution in [2.24, 2.45) is 0 Å². The Kier molecular flexibility index (Phi) is 4.37. The Morgan fingerprint density at radius 3 is 2.56 bits per heavy atom. The number of non-ortho nitro benzene ring substituents is 1. The first-order valence-corrected chi connectivity index (χ1v) is 5.52. The van der Waals surface area contributed by atoms with E-state index in [-0.39, 0.29) is 5.69 Å². The summed E-state index contributed by atoms with van der Waals surface area (Å²) >= 11 is 0. The van der Waals surface area contributed by atoms with Crippen LogP contribution in [0, 0.1) is 15.9 Å². The molecule has 1 aromatic carbocycles. The molecule has 0 atom stereocenters. The van der Waals surface area contributed by atoms with Gasteiger partial charge in [0, 0.05) is 19.2 Å². The number of nitrogens with zero attached hydrogens (tertiary/aromatic N) is 2. The first-order chi connectivity index (χ1) is 8.17. The molecule has 0 unspecified atom stereocenters. The van der Waals surface area contributed by atoms with E-state index in [2.05, 4.69) is 0 Å². The third kappa shape index (κ3) is 4.77. The van der Waals surface area contributed by atoms with Crippen molar-refractivity contribution in [1.29, 1.82) is 0 Å². The van der Waals surface area contributed by atoms with Crippen LogP contribution in [-0.4, -0.2) is 34.1 Å². The topological polar surface area (TPSA) is 66.6 Å². The van der Waals surface area contributed by atoms with Gasteiger partial charge in [-0.3, -0.25) is 15.0 Å². The summed E-state index contributed by atoms with van der Waals surface area (Å²) in [6, 6.07) is 3.48. The van der Waals surface area contributed by atoms with Crippen molar-refractivity contribution in [3.63, 3.8) is 0 Å². The molecular formula is C12H17FN2O3. The Balaban J connectivity index is 2.81. The molecule has 0 saturated heterocycles. The predicted octanol–water partition coefficient (Wildman–Crippen LogP) is 1.94. The molecule has 100 valence electrons. The summed E-state index contributed by atoms with van der Waals surface area (Å²) in [4.78, 5) is 11.8. The van der Waals surface area contributed by atoms with E-state index in [0.29, 0.717) is 18.7 Å². The fraction of sp³-hybridized carbons (Fsp3) is 0.500. The standard InChI is InChI=1S/C12H17FN2O3/c1-12(2,16)8-14(3)7-9-4-10(13)6-11(5-9)15(17)18/h4-6,16H,7-8H2,1-3H3. The van der Waals surface area contributed by atoms with Crippen LogP contribution in [0.25, 0.3) is 0 Å². The minimum atomic E-state index is -0.867. The van der Waals surface area contributed by atoms with E-state index in [1.54, 1.807) is 25.8 Å². The van der Waals surface area contributed by atoms with E-state index >= 15 is 0 Å². The van der Waals surface area contributed by atoms with Gasteiger partial charge in [-0.15, -0.1) is 0 Å². The van der Waals surface area contributed by atoms with Gasteiger partial charge in [0.25, 0.3) is 5.69 Å². The number of nitro groups is 1.